The molecule has 0 saturated carbocycles. The van der Waals surface area contributed by atoms with E-state index >= 15 is 8.78 Å². The van der Waals surface area contributed by atoms with Gasteiger partial charge in [-0.1, -0.05) is 30.3 Å². The number of ether oxygens (including phenoxy) is 1. The second kappa shape index (κ2) is 8.11. The standard InChI is InChI=1S/C26H26F2N4O3/c1-12-19-18(11-17(27)20(21(19)28)16-8-6-7-15-9-10-29-23(15)16)31-26(4,5)24(12)34-25(33)30-22-13(2)32-35-14(22)3/h6-12,24,29,31H,1-5H3,(H,30,33)/t12-,24?/m0/s1. The number of nitrogens with one attached hydrogen (secondary N) is 3. The lowest BCUT2D eigenvalue weighted by molar-refractivity contribution is 0.0560. The van der Waals surface area contributed by atoms with Gasteiger partial charge in [-0.3, -0.25) is 5.32 Å². The van der Waals surface area contributed by atoms with Gasteiger partial charge < -0.3 is 19.6 Å². The van der Waals surface area contributed by atoms with Gasteiger partial charge in [0.2, 0.25) is 0 Å². The highest BCUT2D eigenvalue weighted by molar-refractivity contribution is 5.95. The van der Waals surface area contributed by atoms with Crippen LogP contribution in [-0.2, 0) is 4.74 Å². The van der Waals surface area contributed by atoms with Crippen molar-refractivity contribution in [3.05, 3.63) is 65.2 Å². The van der Waals surface area contributed by atoms with E-state index in [-0.39, 0.29) is 11.1 Å². The fourth-order valence-corrected chi connectivity index (χ4v) is 5.08. The monoisotopic (exact) mass is 480 g/mol. The molecule has 3 N–H and O–H groups in total. The fraction of sp³-hybridized carbons (Fsp3) is 0.308. The number of aryl methyl sites for hydroxylation is 2. The van der Waals surface area contributed by atoms with Gasteiger partial charge in [-0.2, -0.15) is 0 Å². The summed E-state index contributed by atoms with van der Waals surface area (Å²) >= 11 is 0. The minimum atomic E-state index is -0.803. The average molecular weight is 481 g/mol. The van der Waals surface area contributed by atoms with Crippen LogP contribution in [0.25, 0.3) is 22.0 Å². The van der Waals surface area contributed by atoms with Gasteiger partial charge in [-0.25, -0.2) is 13.6 Å². The van der Waals surface area contributed by atoms with Crippen molar-refractivity contribution in [1.29, 1.82) is 0 Å². The van der Waals surface area contributed by atoms with Crippen molar-refractivity contribution in [1.82, 2.24) is 10.1 Å². The number of H-pyrrole nitrogens is 1. The van der Waals surface area contributed by atoms with Crippen molar-refractivity contribution in [2.45, 2.75) is 52.2 Å². The average Bonchev–Trinajstić information content (AvgIpc) is 3.38. The minimum Gasteiger partial charge on any atom is -0.443 e. The number of carbonyl (C=O) groups is 1. The molecule has 1 aliphatic heterocycles. The third kappa shape index (κ3) is 3.71. The number of fused-ring (bicyclic) bond motifs is 2. The molecule has 0 radical (unpaired) electrons. The van der Waals surface area contributed by atoms with Crippen molar-refractivity contribution in [3.8, 4) is 11.1 Å². The summed E-state index contributed by atoms with van der Waals surface area (Å²) in [4.78, 5) is 15.9. The Morgan fingerprint density at radius 1 is 1.23 bits per heavy atom. The predicted octanol–water partition coefficient (Wildman–Crippen LogP) is 6.64. The van der Waals surface area contributed by atoms with Gasteiger partial charge in [0.15, 0.2) is 5.76 Å². The Labute approximate surface area is 200 Å². The highest BCUT2D eigenvalue weighted by Gasteiger charge is 2.45. The van der Waals surface area contributed by atoms with E-state index < -0.39 is 35.3 Å². The van der Waals surface area contributed by atoms with E-state index in [4.69, 9.17) is 9.26 Å². The Hall–Kier alpha value is -3.88. The molecule has 9 heteroatoms. The molecule has 4 aromatic rings. The molecular weight excluding hydrogens is 454 g/mol. The molecule has 0 spiro atoms. The first kappa shape index (κ1) is 22.9. The Kier molecular flexibility index (Phi) is 5.30. The number of aromatic nitrogens is 2. The zero-order valence-electron chi connectivity index (χ0n) is 20.0. The number of rotatable bonds is 3. The van der Waals surface area contributed by atoms with Crippen LogP contribution in [0.15, 0.2) is 41.1 Å². The van der Waals surface area contributed by atoms with Gasteiger partial charge in [-0.05, 0) is 45.2 Å². The Morgan fingerprint density at radius 2 is 2.00 bits per heavy atom. The molecule has 0 bridgehead atoms. The number of benzene rings is 2. The third-order valence-electron chi connectivity index (χ3n) is 6.68. The van der Waals surface area contributed by atoms with Crippen molar-refractivity contribution < 1.29 is 22.8 Å². The highest BCUT2D eigenvalue weighted by Crippen LogP contribution is 2.46. The maximum absolute atomic E-state index is 16.1. The van der Waals surface area contributed by atoms with Gasteiger partial charge in [0, 0.05) is 28.9 Å². The molecule has 2 aromatic carbocycles. The number of amides is 1. The SMILES string of the molecule is Cc1noc(C)c1NC(=O)OC1[C@@H](C)c2c(cc(F)c(-c3cccc4cc[nH]c34)c2F)NC1(C)C. The van der Waals surface area contributed by atoms with E-state index in [0.29, 0.717) is 33.9 Å². The molecule has 5 rings (SSSR count). The maximum Gasteiger partial charge on any atom is 0.412 e. The zero-order valence-corrected chi connectivity index (χ0v) is 20.0. The number of hydrogen-bond donors (Lipinski definition) is 3. The molecule has 0 fully saturated rings. The number of hydrogen-bond acceptors (Lipinski definition) is 5. The second-order valence-electron chi connectivity index (χ2n) is 9.54. The summed E-state index contributed by atoms with van der Waals surface area (Å²) in [6.45, 7) is 8.80. The molecule has 2 atom stereocenters. The number of aromatic amines is 1. The summed E-state index contributed by atoms with van der Waals surface area (Å²) in [6.07, 6.45) is 0.259. The Balaban J connectivity index is 1.54. The molecule has 1 amide bonds. The maximum atomic E-state index is 16.1. The van der Waals surface area contributed by atoms with Crippen molar-refractivity contribution >= 4 is 28.4 Å². The summed E-state index contributed by atoms with van der Waals surface area (Å²) < 4.78 is 42.3. The van der Waals surface area contributed by atoms with Gasteiger partial charge >= 0.3 is 6.09 Å². The molecular formula is C26H26F2N4O3. The molecule has 0 aliphatic carbocycles. The lowest BCUT2D eigenvalue weighted by Gasteiger charge is -2.44. The number of halogens is 2. The third-order valence-corrected chi connectivity index (χ3v) is 6.68. The van der Waals surface area contributed by atoms with Crippen molar-refractivity contribution in [2.24, 2.45) is 0 Å². The van der Waals surface area contributed by atoms with Crippen molar-refractivity contribution in [3.63, 3.8) is 0 Å². The Morgan fingerprint density at radius 3 is 2.71 bits per heavy atom. The summed E-state index contributed by atoms with van der Waals surface area (Å²) in [6, 6.07) is 8.48. The Bertz CT molecular complexity index is 1440. The fourth-order valence-electron chi connectivity index (χ4n) is 5.08. The first-order valence-electron chi connectivity index (χ1n) is 11.4. The normalized spacial score (nSPS) is 18.7. The summed E-state index contributed by atoms with van der Waals surface area (Å²) in [7, 11) is 0. The van der Waals surface area contributed by atoms with Crippen LogP contribution in [0.4, 0.5) is 25.0 Å². The number of anilines is 2. The second-order valence-corrected chi connectivity index (χ2v) is 9.54. The molecule has 1 aliphatic rings. The van der Waals surface area contributed by atoms with Gasteiger partial charge in [0.1, 0.15) is 29.1 Å². The van der Waals surface area contributed by atoms with Crippen LogP contribution in [-0.4, -0.2) is 27.9 Å². The lowest BCUT2D eigenvalue weighted by atomic mass is 9.77. The van der Waals surface area contributed by atoms with E-state index in [0.717, 1.165) is 5.39 Å². The van der Waals surface area contributed by atoms with Crippen LogP contribution in [0.1, 0.15) is 43.7 Å². The lowest BCUT2D eigenvalue weighted by Crippen LogP contribution is -2.52. The molecule has 3 heterocycles. The van der Waals surface area contributed by atoms with E-state index in [2.05, 4.69) is 20.8 Å². The number of carbonyl (C=O) groups excluding carboxylic acids is 1. The summed E-state index contributed by atoms with van der Waals surface area (Å²) in [5, 5.41) is 10.5. The van der Waals surface area contributed by atoms with Crippen LogP contribution in [0.5, 0.6) is 0 Å². The minimum absolute atomic E-state index is 0.121. The summed E-state index contributed by atoms with van der Waals surface area (Å²) in [5.41, 5.74) is 1.70. The molecule has 1 unspecified atom stereocenters. The van der Waals surface area contributed by atoms with Crippen LogP contribution in [0, 0.1) is 25.5 Å². The van der Waals surface area contributed by atoms with Crippen LogP contribution in [0.2, 0.25) is 0 Å². The number of nitrogens with zero attached hydrogens (tertiary/aromatic N) is 1. The molecule has 0 saturated heterocycles. The van der Waals surface area contributed by atoms with Crippen LogP contribution in [0.3, 0.4) is 0 Å². The molecule has 7 nitrogen and oxygen atoms in total. The van der Waals surface area contributed by atoms with Crippen LogP contribution < -0.4 is 10.6 Å². The predicted molar refractivity (Wildman–Crippen MR) is 130 cm³/mol. The van der Waals surface area contributed by atoms with E-state index in [1.54, 1.807) is 39.1 Å². The smallest absolute Gasteiger partial charge is 0.412 e. The zero-order chi connectivity index (χ0) is 25.1. The van der Waals surface area contributed by atoms with E-state index in [1.165, 1.54) is 6.07 Å². The first-order valence-corrected chi connectivity index (χ1v) is 11.4. The molecule has 2 aromatic heterocycles. The van der Waals surface area contributed by atoms with Gasteiger partial charge in [0.05, 0.1) is 16.6 Å². The number of para-hydroxylation sites is 1. The topological polar surface area (TPSA) is 92.2 Å². The van der Waals surface area contributed by atoms with Gasteiger partial charge in [0.25, 0.3) is 0 Å². The first-order chi connectivity index (χ1) is 16.6. The highest BCUT2D eigenvalue weighted by atomic mass is 19.1. The quantitative estimate of drug-likeness (QED) is 0.306. The largest absolute Gasteiger partial charge is 0.443 e. The van der Waals surface area contributed by atoms with E-state index in [1.807, 2.05) is 26.0 Å². The molecule has 182 valence electrons. The van der Waals surface area contributed by atoms with Crippen molar-refractivity contribution in [2.75, 3.05) is 10.6 Å². The van der Waals surface area contributed by atoms with Crippen LogP contribution >= 0.6 is 0 Å². The van der Waals surface area contributed by atoms with E-state index in [9.17, 15) is 4.79 Å². The summed E-state index contributed by atoms with van der Waals surface area (Å²) in [5.74, 6) is -1.48. The molecule has 35 heavy (non-hydrogen) atoms. The van der Waals surface area contributed by atoms with Gasteiger partial charge in [-0.15, -0.1) is 0 Å².